The van der Waals surface area contributed by atoms with Crippen LogP contribution in [-0.2, 0) is 12.8 Å². The molecule has 0 fully saturated rings. The molecule has 1 rings (SSSR count). The zero-order valence-corrected chi connectivity index (χ0v) is 8.42. The van der Waals surface area contributed by atoms with Crippen molar-refractivity contribution in [3.8, 4) is 0 Å². The van der Waals surface area contributed by atoms with Gasteiger partial charge in [-0.2, -0.15) is 0 Å². The predicted octanol–water partition coefficient (Wildman–Crippen LogP) is 2.41. The first-order chi connectivity index (χ1) is 6.19. The second kappa shape index (κ2) is 4.17. The summed E-state index contributed by atoms with van der Waals surface area (Å²) in [4.78, 5) is 15.3. The van der Waals surface area contributed by atoms with Crippen LogP contribution >= 0.6 is 0 Å². The van der Waals surface area contributed by atoms with E-state index in [4.69, 9.17) is 0 Å². The SMILES string of the molecule is CCc1cnc(C(C)=O)c(CC)c1. The van der Waals surface area contributed by atoms with Gasteiger partial charge in [0.1, 0.15) is 5.69 Å². The Morgan fingerprint density at radius 1 is 1.38 bits per heavy atom. The fourth-order valence-electron chi connectivity index (χ4n) is 1.34. The van der Waals surface area contributed by atoms with Gasteiger partial charge in [0.05, 0.1) is 0 Å². The number of aromatic nitrogens is 1. The van der Waals surface area contributed by atoms with E-state index in [1.54, 1.807) is 13.1 Å². The normalized spacial score (nSPS) is 10.1. The molecule has 0 aliphatic rings. The van der Waals surface area contributed by atoms with Gasteiger partial charge in [-0.25, -0.2) is 0 Å². The van der Waals surface area contributed by atoms with Crippen LogP contribution in [0.15, 0.2) is 12.3 Å². The Balaban J connectivity index is 3.15. The summed E-state index contributed by atoms with van der Waals surface area (Å²) in [6.45, 7) is 5.69. The molecule has 13 heavy (non-hydrogen) atoms. The first-order valence-corrected chi connectivity index (χ1v) is 4.67. The lowest BCUT2D eigenvalue weighted by Crippen LogP contribution is -2.03. The van der Waals surface area contributed by atoms with E-state index in [1.807, 2.05) is 6.92 Å². The third-order valence-corrected chi connectivity index (χ3v) is 2.15. The maximum Gasteiger partial charge on any atom is 0.178 e. The molecule has 2 heteroatoms. The highest BCUT2D eigenvalue weighted by atomic mass is 16.1. The largest absolute Gasteiger partial charge is 0.293 e. The highest BCUT2D eigenvalue weighted by Crippen LogP contribution is 2.10. The van der Waals surface area contributed by atoms with Crippen LogP contribution in [0.1, 0.15) is 42.4 Å². The molecule has 0 saturated carbocycles. The van der Waals surface area contributed by atoms with Gasteiger partial charge in [-0.05, 0) is 24.0 Å². The number of Topliss-reactive ketones (excluding diaryl/α,β-unsaturated/α-hetero) is 1. The van der Waals surface area contributed by atoms with Crippen molar-refractivity contribution in [1.82, 2.24) is 4.98 Å². The molecule has 0 N–H and O–H groups in total. The average Bonchev–Trinajstić information content (AvgIpc) is 2.16. The topological polar surface area (TPSA) is 30.0 Å². The van der Waals surface area contributed by atoms with E-state index in [0.717, 1.165) is 18.4 Å². The number of pyridine rings is 1. The monoisotopic (exact) mass is 177 g/mol. The van der Waals surface area contributed by atoms with E-state index in [0.29, 0.717) is 5.69 Å². The van der Waals surface area contributed by atoms with Gasteiger partial charge in [-0.3, -0.25) is 9.78 Å². The van der Waals surface area contributed by atoms with Crippen LogP contribution in [0, 0.1) is 0 Å². The van der Waals surface area contributed by atoms with E-state index in [2.05, 4.69) is 18.0 Å². The average molecular weight is 177 g/mol. The van der Waals surface area contributed by atoms with Gasteiger partial charge >= 0.3 is 0 Å². The Bertz CT molecular complexity index is 318. The molecule has 2 nitrogen and oxygen atoms in total. The first kappa shape index (κ1) is 9.90. The predicted molar refractivity (Wildman–Crippen MR) is 53.0 cm³/mol. The third-order valence-electron chi connectivity index (χ3n) is 2.15. The van der Waals surface area contributed by atoms with Gasteiger partial charge in [-0.15, -0.1) is 0 Å². The molecular weight excluding hydrogens is 162 g/mol. The number of ketones is 1. The summed E-state index contributed by atoms with van der Waals surface area (Å²) >= 11 is 0. The van der Waals surface area contributed by atoms with E-state index in [1.165, 1.54) is 5.56 Å². The van der Waals surface area contributed by atoms with Gasteiger partial charge in [0, 0.05) is 13.1 Å². The quantitative estimate of drug-likeness (QED) is 0.663. The van der Waals surface area contributed by atoms with Crippen molar-refractivity contribution in [2.24, 2.45) is 0 Å². The lowest BCUT2D eigenvalue weighted by atomic mass is 10.1. The van der Waals surface area contributed by atoms with Crippen molar-refractivity contribution in [1.29, 1.82) is 0 Å². The van der Waals surface area contributed by atoms with Crippen molar-refractivity contribution >= 4 is 5.78 Å². The second-order valence-electron chi connectivity index (χ2n) is 3.11. The zero-order valence-electron chi connectivity index (χ0n) is 8.42. The first-order valence-electron chi connectivity index (χ1n) is 4.67. The fraction of sp³-hybridized carbons (Fsp3) is 0.455. The van der Waals surface area contributed by atoms with Crippen molar-refractivity contribution in [2.75, 3.05) is 0 Å². The minimum Gasteiger partial charge on any atom is -0.293 e. The molecule has 0 unspecified atom stereocenters. The van der Waals surface area contributed by atoms with Gasteiger partial charge < -0.3 is 0 Å². The summed E-state index contributed by atoms with van der Waals surface area (Å²) in [5, 5.41) is 0. The minimum absolute atomic E-state index is 0.0551. The summed E-state index contributed by atoms with van der Waals surface area (Å²) in [6.07, 6.45) is 3.63. The van der Waals surface area contributed by atoms with Gasteiger partial charge in [0.2, 0.25) is 0 Å². The smallest absolute Gasteiger partial charge is 0.178 e. The molecule has 70 valence electrons. The number of hydrogen-bond donors (Lipinski definition) is 0. The molecule has 0 aliphatic carbocycles. The summed E-state index contributed by atoms with van der Waals surface area (Å²) in [5.41, 5.74) is 2.88. The Labute approximate surface area is 79.0 Å². The molecule has 1 aromatic rings. The molecule has 1 heterocycles. The highest BCUT2D eigenvalue weighted by Gasteiger charge is 2.07. The molecule has 0 atom stereocenters. The molecule has 1 aromatic heterocycles. The van der Waals surface area contributed by atoms with Crippen LogP contribution in [0.3, 0.4) is 0 Å². The van der Waals surface area contributed by atoms with E-state index < -0.39 is 0 Å². The Morgan fingerprint density at radius 3 is 2.54 bits per heavy atom. The van der Waals surface area contributed by atoms with Crippen molar-refractivity contribution < 1.29 is 4.79 Å². The van der Waals surface area contributed by atoms with Crippen LogP contribution in [0.5, 0.6) is 0 Å². The zero-order chi connectivity index (χ0) is 9.84. The number of carbonyl (C=O) groups is 1. The Morgan fingerprint density at radius 2 is 2.08 bits per heavy atom. The second-order valence-corrected chi connectivity index (χ2v) is 3.11. The van der Waals surface area contributed by atoms with E-state index in [9.17, 15) is 4.79 Å². The molecule has 0 aliphatic heterocycles. The lowest BCUT2D eigenvalue weighted by Gasteiger charge is -2.05. The minimum atomic E-state index is 0.0551. The number of aryl methyl sites for hydroxylation is 2. The molecule has 0 saturated heterocycles. The molecular formula is C11H15NO. The number of rotatable bonds is 3. The van der Waals surface area contributed by atoms with Crippen LogP contribution in [0.25, 0.3) is 0 Å². The summed E-state index contributed by atoms with van der Waals surface area (Å²) in [6, 6.07) is 2.07. The molecule has 0 spiro atoms. The van der Waals surface area contributed by atoms with Crippen molar-refractivity contribution in [3.63, 3.8) is 0 Å². The van der Waals surface area contributed by atoms with Crippen LogP contribution in [0.4, 0.5) is 0 Å². The number of hydrogen-bond acceptors (Lipinski definition) is 2. The maximum atomic E-state index is 11.2. The van der Waals surface area contributed by atoms with Gasteiger partial charge in [0.15, 0.2) is 5.78 Å². The summed E-state index contributed by atoms with van der Waals surface area (Å²) < 4.78 is 0. The molecule has 0 radical (unpaired) electrons. The molecule has 0 aromatic carbocycles. The highest BCUT2D eigenvalue weighted by molar-refractivity contribution is 5.93. The van der Waals surface area contributed by atoms with Crippen LogP contribution < -0.4 is 0 Å². The number of nitrogens with zero attached hydrogens (tertiary/aromatic N) is 1. The van der Waals surface area contributed by atoms with Crippen LogP contribution in [-0.4, -0.2) is 10.8 Å². The van der Waals surface area contributed by atoms with Crippen molar-refractivity contribution in [3.05, 3.63) is 29.1 Å². The van der Waals surface area contributed by atoms with Gasteiger partial charge in [0.25, 0.3) is 0 Å². The van der Waals surface area contributed by atoms with E-state index >= 15 is 0 Å². The third kappa shape index (κ3) is 2.14. The van der Waals surface area contributed by atoms with Crippen molar-refractivity contribution in [2.45, 2.75) is 33.6 Å². The Hall–Kier alpha value is -1.18. The summed E-state index contributed by atoms with van der Waals surface area (Å²) in [7, 11) is 0. The standard InChI is InChI=1S/C11H15NO/c1-4-9-6-10(5-2)11(8(3)13)12-7-9/h6-7H,4-5H2,1-3H3. The Kier molecular flexibility index (Phi) is 3.18. The molecule has 0 amide bonds. The maximum absolute atomic E-state index is 11.2. The lowest BCUT2D eigenvalue weighted by molar-refractivity contribution is 0.101. The fourth-order valence-corrected chi connectivity index (χ4v) is 1.34. The molecule has 0 bridgehead atoms. The summed E-state index contributed by atoms with van der Waals surface area (Å²) in [5.74, 6) is 0.0551. The number of carbonyl (C=O) groups excluding carboxylic acids is 1. The van der Waals surface area contributed by atoms with Gasteiger partial charge in [-0.1, -0.05) is 19.9 Å². The van der Waals surface area contributed by atoms with E-state index in [-0.39, 0.29) is 5.78 Å². The van der Waals surface area contributed by atoms with Crippen LogP contribution in [0.2, 0.25) is 0 Å².